The number of carbonyl (C=O) groups is 1. The van der Waals surface area contributed by atoms with Crippen molar-refractivity contribution >= 4 is 11.6 Å². The number of halogens is 2. The van der Waals surface area contributed by atoms with Gasteiger partial charge in [-0.05, 0) is 67.6 Å². The van der Waals surface area contributed by atoms with Gasteiger partial charge in [0.2, 0.25) is 5.91 Å². The molecule has 0 aromatic heterocycles. The van der Waals surface area contributed by atoms with Gasteiger partial charge in [0, 0.05) is 17.8 Å². The average Bonchev–Trinajstić information content (AvgIpc) is 2.87. The lowest BCUT2D eigenvalue weighted by atomic mass is 9.80. The first-order valence-corrected chi connectivity index (χ1v) is 9.22. The van der Waals surface area contributed by atoms with E-state index in [1.54, 1.807) is 12.1 Å². The Balaban J connectivity index is 1.42. The number of amides is 1. The maximum absolute atomic E-state index is 13.2. The second-order valence-corrected chi connectivity index (χ2v) is 7.56. The Kier molecular flexibility index (Phi) is 4.70. The fraction of sp³-hybridized carbons (Fsp3) is 0.381. The molecule has 0 spiro atoms. The van der Waals surface area contributed by atoms with Gasteiger partial charge in [-0.25, -0.2) is 8.78 Å². The number of hydrogen-bond acceptors (Lipinski definition) is 3. The number of anilines is 1. The quantitative estimate of drug-likeness (QED) is 0.865. The standard InChI is InChI=1S/C21H22F2N2O2/c22-15-3-1-14(2-4-15)21(27)11-18-9-10-19(12-21)25(18)13-20(26)24-17-7-5-16(23)6-8-17/h1-8,18-19,27H,9-13H2,(H,24,26). The third kappa shape index (κ3) is 3.73. The predicted octanol–water partition coefficient (Wildman–Crippen LogP) is 3.42. The highest BCUT2D eigenvalue weighted by Gasteiger charge is 2.48. The van der Waals surface area contributed by atoms with Crippen molar-refractivity contribution in [2.75, 3.05) is 11.9 Å². The molecule has 0 saturated carbocycles. The van der Waals surface area contributed by atoms with E-state index in [2.05, 4.69) is 10.2 Å². The molecular formula is C21H22F2N2O2. The summed E-state index contributed by atoms with van der Waals surface area (Å²) in [5, 5.41) is 13.9. The van der Waals surface area contributed by atoms with Crippen LogP contribution in [0.25, 0.3) is 0 Å². The molecule has 6 heteroatoms. The summed E-state index contributed by atoms with van der Waals surface area (Å²) in [5.41, 5.74) is 0.313. The lowest BCUT2D eigenvalue weighted by Crippen LogP contribution is -2.51. The number of benzene rings is 2. The lowest BCUT2D eigenvalue weighted by Gasteiger charge is -2.43. The van der Waals surface area contributed by atoms with Crippen molar-refractivity contribution in [2.24, 2.45) is 0 Å². The van der Waals surface area contributed by atoms with Gasteiger partial charge in [0.1, 0.15) is 11.6 Å². The zero-order chi connectivity index (χ0) is 19.0. The Bertz CT molecular complexity index is 809. The molecule has 2 atom stereocenters. The molecule has 2 bridgehead atoms. The highest BCUT2D eigenvalue weighted by molar-refractivity contribution is 5.92. The van der Waals surface area contributed by atoms with Crippen LogP contribution in [-0.2, 0) is 10.4 Å². The third-order valence-electron chi connectivity index (χ3n) is 5.75. The molecule has 4 nitrogen and oxygen atoms in total. The topological polar surface area (TPSA) is 52.6 Å². The van der Waals surface area contributed by atoms with Crippen LogP contribution in [0.4, 0.5) is 14.5 Å². The Morgan fingerprint density at radius 2 is 1.52 bits per heavy atom. The van der Waals surface area contributed by atoms with Crippen LogP contribution in [-0.4, -0.2) is 34.5 Å². The van der Waals surface area contributed by atoms with E-state index in [1.165, 1.54) is 36.4 Å². The molecule has 2 aliphatic rings. The Hall–Kier alpha value is -2.31. The van der Waals surface area contributed by atoms with Crippen LogP contribution >= 0.6 is 0 Å². The molecule has 2 fully saturated rings. The van der Waals surface area contributed by atoms with Gasteiger partial charge in [0.25, 0.3) is 0 Å². The molecule has 4 rings (SSSR count). The van der Waals surface area contributed by atoms with Crippen LogP contribution < -0.4 is 5.32 Å². The molecule has 2 heterocycles. The Morgan fingerprint density at radius 1 is 1.00 bits per heavy atom. The van der Waals surface area contributed by atoms with Gasteiger partial charge < -0.3 is 10.4 Å². The summed E-state index contributed by atoms with van der Waals surface area (Å²) in [6.07, 6.45) is 2.91. The van der Waals surface area contributed by atoms with Gasteiger partial charge >= 0.3 is 0 Å². The molecule has 2 unspecified atom stereocenters. The SMILES string of the molecule is O=C(CN1C2CCC1CC(O)(c1ccc(F)cc1)C2)Nc1ccc(F)cc1. The zero-order valence-corrected chi connectivity index (χ0v) is 14.9. The molecular weight excluding hydrogens is 350 g/mol. The molecule has 27 heavy (non-hydrogen) atoms. The Morgan fingerprint density at radius 3 is 2.07 bits per heavy atom. The number of rotatable bonds is 4. The smallest absolute Gasteiger partial charge is 0.238 e. The van der Waals surface area contributed by atoms with Crippen molar-refractivity contribution in [3.63, 3.8) is 0 Å². The summed E-state index contributed by atoms with van der Waals surface area (Å²) in [6.45, 7) is 0.242. The van der Waals surface area contributed by atoms with Gasteiger partial charge in [0.05, 0.1) is 12.1 Å². The number of carbonyl (C=O) groups excluding carboxylic acids is 1. The minimum atomic E-state index is -0.983. The summed E-state index contributed by atoms with van der Waals surface area (Å²) in [7, 11) is 0. The van der Waals surface area contributed by atoms with E-state index in [-0.39, 0.29) is 36.2 Å². The first kappa shape index (κ1) is 18.1. The van der Waals surface area contributed by atoms with Crippen molar-refractivity contribution in [3.8, 4) is 0 Å². The minimum absolute atomic E-state index is 0.109. The first-order chi connectivity index (χ1) is 12.9. The average molecular weight is 372 g/mol. The number of hydrogen-bond donors (Lipinski definition) is 2. The zero-order valence-electron chi connectivity index (χ0n) is 14.9. The van der Waals surface area contributed by atoms with Gasteiger partial charge in [-0.1, -0.05) is 12.1 Å². The van der Waals surface area contributed by atoms with Gasteiger partial charge in [-0.15, -0.1) is 0 Å². The van der Waals surface area contributed by atoms with E-state index < -0.39 is 5.60 Å². The number of fused-ring (bicyclic) bond motifs is 2. The fourth-order valence-electron chi connectivity index (χ4n) is 4.47. The van der Waals surface area contributed by atoms with Gasteiger partial charge in [-0.3, -0.25) is 9.69 Å². The number of nitrogens with one attached hydrogen (secondary N) is 1. The number of aliphatic hydroxyl groups is 1. The van der Waals surface area contributed by atoms with E-state index in [0.29, 0.717) is 18.5 Å². The van der Waals surface area contributed by atoms with E-state index >= 15 is 0 Å². The first-order valence-electron chi connectivity index (χ1n) is 9.22. The minimum Gasteiger partial charge on any atom is -0.385 e. The molecule has 0 radical (unpaired) electrons. The molecule has 2 aromatic carbocycles. The lowest BCUT2D eigenvalue weighted by molar-refractivity contribution is -0.121. The van der Waals surface area contributed by atoms with Crippen LogP contribution in [0.3, 0.4) is 0 Å². The second-order valence-electron chi connectivity index (χ2n) is 7.56. The summed E-state index contributed by atoms with van der Waals surface area (Å²) in [5.74, 6) is -0.812. The van der Waals surface area contributed by atoms with Crippen LogP contribution in [0.5, 0.6) is 0 Å². The monoisotopic (exact) mass is 372 g/mol. The van der Waals surface area contributed by atoms with E-state index in [4.69, 9.17) is 0 Å². The largest absolute Gasteiger partial charge is 0.385 e. The van der Waals surface area contributed by atoms with Crippen LogP contribution in [0.15, 0.2) is 48.5 Å². The highest BCUT2D eigenvalue weighted by Crippen LogP contribution is 2.45. The summed E-state index contributed by atoms with van der Waals surface area (Å²) >= 11 is 0. The highest BCUT2D eigenvalue weighted by atomic mass is 19.1. The van der Waals surface area contributed by atoms with Crippen molar-refractivity contribution < 1.29 is 18.7 Å². The summed E-state index contributed by atoms with van der Waals surface area (Å²) < 4.78 is 26.2. The van der Waals surface area contributed by atoms with Crippen LogP contribution in [0, 0.1) is 11.6 Å². The number of nitrogens with zero attached hydrogens (tertiary/aromatic N) is 1. The van der Waals surface area contributed by atoms with E-state index in [9.17, 15) is 18.7 Å². The second kappa shape index (κ2) is 7.02. The van der Waals surface area contributed by atoms with Gasteiger partial charge in [0.15, 0.2) is 0 Å². The predicted molar refractivity (Wildman–Crippen MR) is 98.1 cm³/mol. The molecule has 2 aromatic rings. The summed E-state index contributed by atoms with van der Waals surface area (Å²) in [4.78, 5) is 14.6. The Labute approximate surface area is 156 Å². The van der Waals surface area contributed by atoms with E-state index in [1.807, 2.05) is 0 Å². The van der Waals surface area contributed by atoms with Crippen molar-refractivity contribution in [3.05, 3.63) is 65.7 Å². The summed E-state index contributed by atoms with van der Waals surface area (Å²) in [6, 6.07) is 11.9. The molecule has 142 valence electrons. The van der Waals surface area contributed by atoms with Gasteiger partial charge in [-0.2, -0.15) is 0 Å². The van der Waals surface area contributed by atoms with E-state index in [0.717, 1.165) is 18.4 Å². The maximum Gasteiger partial charge on any atom is 0.238 e. The molecule has 2 aliphatic heterocycles. The molecule has 2 N–H and O–H groups in total. The maximum atomic E-state index is 13.2. The number of piperidine rings is 1. The molecule has 2 saturated heterocycles. The molecule has 0 aliphatic carbocycles. The normalized spacial score (nSPS) is 27.5. The van der Waals surface area contributed by atoms with Crippen LogP contribution in [0.1, 0.15) is 31.2 Å². The van der Waals surface area contributed by atoms with Crippen molar-refractivity contribution in [1.29, 1.82) is 0 Å². The van der Waals surface area contributed by atoms with Crippen LogP contribution in [0.2, 0.25) is 0 Å². The van der Waals surface area contributed by atoms with Crippen molar-refractivity contribution in [1.82, 2.24) is 4.90 Å². The third-order valence-corrected chi connectivity index (χ3v) is 5.75. The molecule has 1 amide bonds. The fourth-order valence-corrected chi connectivity index (χ4v) is 4.47. The van der Waals surface area contributed by atoms with Crippen molar-refractivity contribution in [2.45, 2.75) is 43.4 Å².